The highest BCUT2D eigenvalue weighted by Crippen LogP contribution is 2.33. The Balaban J connectivity index is 1.84. The number of aryl methyl sites for hydroxylation is 1. The number of anilines is 2. The molecular weight excluding hydrogens is 300 g/mol. The molecule has 0 radical (unpaired) electrons. The van der Waals surface area contributed by atoms with Crippen molar-refractivity contribution in [3.05, 3.63) is 60.2 Å². The number of rotatable bonds is 5. The van der Waals surface area contributed by atoms with Crippen molar-refractivity contribution in [1.82, 2.24) is 0 Å². The van der Waals surface area contributed by atoms with Gasteiger partial charge in [-0.3, -0.25) is 14.5 Å². The number of hydrogen-bond donors (Lipinski definition) is 1. The van der Waals surface area contributed by atoms with Gasteiger partial charge in [0.05, 0.1) is 11.4 Å². The lowest BCUT2D eigenvalue weighted by Crippen LogP contribution is -2.51. The Labute approximate surface area is 142 Å². The first-order chi connectivity index (χ1) is 11.7. The minimum Gasteiger partial charge on any atom is -0.322 e. The van der Waals surface area contributed by atoms with Gasteiger partial charge in [0.2, 0.25) is 11.8 Å². The molecule has 3 rings (SSSR count). The number of nitrogens with zero attached hydrogens (tertiary/aromatic N) is 1. The van der Waals surface area contributed by atoms with Crippen molar-refractivity contribution in [3.63, 3.8) is 0 Å². The quantitative estimate of drug-likeness (QED) is 0.911. The van der Waals surface area contributed by atoms with E-state index in [1.807, 2.05) is 61.5 Å². The van der Waals surface area contributed by atoms with Gasteiger partial charge in [0.1, 0.15) is 6.04 Å². The van der Waals surface area contributed by atoms with Crippen LogP contribution < -0.4 is 10.2 Å². The molecule has 0 aliphatic carbocycles. The molecule has 1 N–H and O–H groups in total. The van der Waals surface area contributed by atoms with E-state index in [0.717, 1.165) is 17.7 Å². The van der Waals surface area contributed by atoms with Gasteiger partial charge in [-0.1, -0.05) is 55.8 Å². The van der Waals surface area contributed by atoms with Gasteiger partial charge >= 0.3 is 0 Å². The average molecular weight is 322 g/mol. The summed E-state index contributed by atoms with van der Waals surface area (Å²) in [6.45, 7) is 2.03. The highest BCUT2D eigenvalue weighted by atomic mass is 16.2. The lowest BCUT2D eigenvalue weighted by atomic mass is 10.0. The average Bonchev–Trinajstić information content (AvgIpc) is 2.61. The van der Waals surface area contributed by atoms with Gasteiger partial charge < -0.3 is 5.32 Å². The summed E-state index contributed by atoms with van der Waals surface area (Å²) in [6, 6.07) is 17.0. The third kappa shape index (κ3) is 3.32. The number of amides is 2. The third-order valence-electron chi connectivity index (χ3n) is 4.34. The zero-order valence-electron chi connectivity index (χ0n) is 13.9. The molecule has 0 fully saturated rings. The predicted molar refractivity (Wildman–Crippen MR) is 96.0 cm³/mol. The molecule has 4 nitrogen and oxygen atoms in total. The fourth-order valence-corrected chi connectivity index (χ4v) is 3.15. The standard InChI is InChI=1S/C20H22N2O2/c1-2-8-18-20(24)21-16-11-6-7-12-17(16)22(18)19(23)14-13-15-9-4-3-5-10-15/h3-7,9-12,18H,2,8,13-14H2,1H3,(H,21,24). The van der Waals surface area contributed by atoms with Crippen molar-refractivity contribution < 1.29 is 9.59 Å². The monoisotopic (exact) mass is 322 g/mol. The summed E-state index contributed by atoms with van der Waals surface area (Å²) in [5.41, 5.74) is 2.64. The minimum absolute atomic E-state index is 0.000368. The molecule has 2 aromatic carbocycles. The summed E-state index contributed by atoms with van der Waals surface area (Å²) in [5, 5.41) is 2.92. The molecule has 0 saturated heterocycles. The van der Waals surface area contributed by atoms with Crippen LogP contribution in [-0.2, 0) is 16.0 Å². The third-order valence-corrected chi connectivity index (χ3v) is 4.34. The van der Waals surface area contributed by atoms with Crippen molar-refractivity contribution in [2.75, 3.05) is 10.2 Å². The number of nitrogens with one attached hydrogen (secondary N) is 1. The first-order valence-electron chi connectivity index (χ1n) is 8.46. The van der Waals surface area contributed by atoms with E-state index in [2.05, 4.69) is 5.32 Å². The Morgan fingerprint density at radius 1 is 1.08 bits per heavy atom. The first kappa shape index (κ1) is 16.2. The maximum absolute atomic E-state index is 12.9. The Hall–Kier alpha value is -2.62. The zero-order valence-corrected chi connectivity index (χ0v) is 13.9. The SMILES string of the molecule is CCCC1C(=O)Nc2ccccc2N1C(=O)CCc1ccccc1. The Kier molecular flexibility index (Phi) is 4.94. The summed E-state index contributed by atoms with van der Waals surface area (Å²) in [5.74, 6) is -0.0942. The van der Waals surface area contributed by atoms with Gasteiger partial charge in [0.25, 0.3) is 0 Å². The van der Waals surface area contributed by atoms with Crippen LogP contribution in [0.4, 0.5) is 11.4 Å². The molecule has 0 spiro atoms. The molecule has 1 aliphatic rings. The second kappa shape index (κ2) is 7.30. The van der Waals surface area contributed by atoms with Crippen LogP contribution in [0, 0.1) is 0 Å². The minimum atomic E-state index is -0.423. The number of hydrogen-bond acceptors (Lipinski definition) is 2. The van der Waals surface area contributed by atoms with Crippen LogP contribution in [-0.4, -0.2) is 17.9 Å². The zero-order chi connectivity index (χ0) is 16.9. The van der Waals surface area contributed by atoms with Gasteiger partial charge in [-0.05, 0) is 30.5 Å². The number of carbonyl (C=O) groups is 2. The highest BCUT2D eigenvalue weighted by Gasteiger charge is 2.35. The predicted octanol–water partition coefficient (Wildman–Crippen LogP) is 3.77. The molecule has 1 aliphatic heterocycles. The van der Waals surface area contributed by atoms with Crippen LogP contribution in [0.2, 0.25) is 0 Å². The topological polar surface area (TPSA) is 49.4 Å². The van der Waals surface area contributed by atoms with Crippen LogP contribution in [0.5, 0.6) is 0 Å². The smallest absolute Gasteiger partial charge is 0.247 e. The van der Waals surface area contributed by atoms with Gasteiger partial charge in [-0.25, -0.2) is 0 Å². The molecule has 0 aromatic heterocycles. The van der Waals surface area contributed by atoms with Gasteiger partial charge in [0.15, 0.2) is 0 Å². The Morgan fingerprint density at radius 2 is 1.79 bits per heavy atom. The fraction of sp³-hybridized carbons (Fsp3) is 0.300. The molecule has 0 saturated carbocycles. The summed E-state index contributed by atoms with van der Waals surface area (Å²) in [7, 11) is 0. The van der Waals surface area contributed by atoms with Crippen LogP contribution in [0.25, 0.3) is 0 Å². The lowest BCUT2D eigenvalue weighted by Gasteiger charge is -2.36. The molecule has 0 bridgehead atoms. The maximum atomic E-state index is 12.9. The second-order valence-corrected chi connectivity index (χ2v) is 6.06. The van der Waals surface area contributed by atoms with Gasteiger partial charge in [0, 0.05) is 6.42 Å². The van der Waals surface area contributed by atoms with Crippen LogP contribution in [0.1, 0.15) is 31.7 Å². The van der Waals surface area contributed by atoms with Gasteiger partial charge in [-0.2, -0.15) is 0 Å². The highest BCUT2D eigenvalue weighted by molar-refractivity contribution is 6.11. The molecule has 1 atom stereocenters. The molecule has 2 aromatic rings. The molecule has 2 amide bonds. The van der Waals surface area contributed by atoms with Crippen molar-refractivity contribution >= 4 is 23.2 Å². The normalized spacial score (nSPS) is 16.5. The van der Waals surface area contributed by atoms with Crippen LogP contribution in [0.15, 0.2) is 54.6 Å². The number of carbonyl (C=O) groups excluding carboxylic acids is 2. The fourth-order valence-electron chi connectivity index (χ4n) is 3.15. The van der Waals surface area contributed by atoms with Crippen molar-refractivity contribution in [1.29, 1.82) is 0 Å². The van der Waals surface area contributed by atoms with E-state index in [1.54, 1.807) is 4.90 Å². The summed E-state index contributed by atoms with van der Waals surface area (Å²) in [6.07, 6.45) is 2.59. The molecular formula is C20H22N2O2. The van der Waals surface area contributed by atoms with E-state index in [9.17, 15) is 9.59 Å². The van der Waals surface area contributed by atoms with E-state index in [-0.39, 0.29) is 11.8 Å². The van der Waals surface area contributed by atoms with E-state index >= 15 is 0 Å². The number of fused-ring (bicyclic) bond motifs is 1. The molecule has 124 valence electrons. The summed E-state index contributed by atoms with van der Waals surface area (Å²) >= 11 is 0. The van der Waals surface area contributed by atoms with E-state index < -0.39 is 6.04 Å². The molecule has 1 unspecified atom stereocenters. The first-order valence-corrected chi connectivity index (χ1v) is 8.46. The van der Waals surface area contributed by atoms with E-state index in [1.165, 1.54) is 0 Å². The number of benzene rings is 2. The van der Waals surface area contributed by atoms with Crippen molar-refractivity contribution in [3.8, 4) is 0 Å². The largest absolute Gasteiger partial charge is 0.322 e. The summed E-state index contributed by atoms with van der Waals surface area (Å²) in [4.78, 5) is 27.0. The van der Waals surface area contributed by atoms with Gasteiger partial charge in [-0.15, -0.1) is 0 Å². The van der Waals surface area contributed by atoms with E-state index in [0.29, 0.717) is 24.9 Å². The molecule has 1 heterocycles. The molecule has 4 heteroatoms. The second-order valence-electron chi connectivity index (χ2n) is 6.06. The summed E-state index contributed by atoms with van der Waals surface area (Å²) < 4.78 is 0. The Morgan fingerprint density at radius 3 is 2.54 bits per heavy atom. The van der Waals surface area contributed by atoms with Crippen molar-refractivity contribution in [2.24, 2.45) is 0 Å². The van der Waals surface area contributed by atoms with E-state index in [4.69, 9.17) is 0 Å². The van der Waals surface area contributed by atoms with Crippen LogP contribution >= 0.6 is 0 Å². The van der Waals surface area contributed by atoms with Crippen molar-refractivity contribution in [2.45, 2.75) is 38.6 Å². The maximum Gasteiger partial charge on any atom is 0.247 e. The molecule has 24 heavy (non-hydrogen) atoms. The Bertz CT molecular complexity index is 727. The number of para-hydroxylation sites is 2. The van der Waals surface area contributed by atoms with Crippen LogP contribution in [0.3, 0.4) is 0 Å². The lowest BCUT2D eigenvalue weighted by molar-refractivity contribution is -0.124.